The van der Waals surface area contributed by atoms with Gasteiger partial charge in [0.2, 0.25) is 5.95 Å². The fourth-order valence-electron chi connectivity index (χ4n) is 5.33. The first-order valence-corrected chi connectivity index (χ1v) is 14.1. The van der Waals surface area contributed by atoms with Crippen molar-refractivity contribution in [1.82, 2.24) is 29.1 Å². The molecule has 0 bridgehead atoms. The maximum atomic E-state index is 13.4. The molecule has 41 heavy (non-hydrogen) atoms. The molecule has 2 aromatic carbocycles. The molecule has 3 heterocycles. The summed E-state index contributed by atoms with van der Waals surface area (Å²) in [5.41, 5.74) is 5.73. The molecule has 1 saturated heterocycles. The van der Waals surface area contributed by atoms with Gasteiger partial charge < -0.3 is 19.9 Å². The minimum atomic E-state index is -0.151. The lowest BCUT2D eigenvalue weighted by Gasteiger charge is -2.35. The van der Waals surface area contributed by atoms with Crippen molar-refractivity contribution in [3.05, 3.63) is 82.8 Å². The number of nitrogens with one attached hydrogen (secondary N) is 1. The van der Waals surface area contributed by atoms with Gasteiger partial charge in [0.1, 0.15) is 5.39 Å². The van der Waals surface area contributed by atoms with Crippen LogP contribution in [0, 0.1) is 6.92 Å². The van der Waals surface area contributed by atoms with E-state index < -0.39 is 0 Å². The van der Waals surface area contributed by atoms with Crippen molar-refractivity contribution >= 4 is 28.4 Å². The molecule has 1 aliphatic rings. The van der Waals surface area contributed by atoms with Gasteiger partial charge in [0.05, 0.1) is 18.8 Å². The Morgan fingerprint density at radius 3 is 2.68 bits per heavy atom. The lowest BCUT2D eigenvalue weighted by atomic mass is 10.1. The maximum absolute atomic E-state index is 13.4. The second kappa shape index (κ2) is 12.7. The van der Waals surface area contributed by atoms with Crippen LogP contribution in [-0.2, 0) is 17.8 Å². The average Bonchev–Trinajstić information content (AvgIpc) is 3.23. The lowest BCUT2D eigenvalue weighted by Crippen LogP contribution is -2.44. The molecule has 2 aromatic heterocycles. The van der Waals surface area contributed by atoms with Crippen LogP contribution in [0.2, 0.25) is 0 Å². The number of likely N-dealkylation sites (N-methyl/N-ethyl adjacent to an activating group) is 2. The Morgan fingerprint density at radius 1 is 1.15 bits per heavy atom. The third-order valence-corrected chi connectivity index (χ3v) is 7.56. The number of allylic oxidation sites excluding steroid dienone is 1. The first kappa shape index (κ1) is 28.5. The van der Waals surface area contributed by atoms with Gasteiger partial charge in [-0.2, -0.15) is 4.98 Å². The molecule has 0 saturated carbocycles. The summed E-state index contributed by atoms with van der Waals surface area (Å²) in [5, 5.41) is 3.82. The highest BCUT2D eigenvalue weighted by Crippen LogP contribution is 2.26. The van der Waals surface area contributed by atoms with Gasteiger partial charge in [0.25, 0.3) is 5.56 Å². The number of fused-ring (bicyclic) bond motifs is 1. The lowest BCUT2D eigenvalue weighted by molar-refractivity contribution is 0.158. The largest absolute Gasteiger partial charge is 0.383 e. The van der Waals surface area contributed by atoms with Gasteiger partial charge in [-0.3, -0.25) is 9.69 Å². The van der Waals surface area contributed by atoms with Crippen molar-refractivity contribution in [2.24, 2.45) is 0 Å². The van der Waals surface area contributed by atoms with Gasteiger partial charge in [0, 0.05) is 63.9 Å². The summed E-state index contributed by atoms with van der Waals surface area (Å²) in [6, 6.07) is 14.5. The van der Waals surface area contributed by atoms with Crippen molar-refractivity contribution in [2.45, 2.75) is 20.0 Å². The van der Waals surface area contributed by atoms with Gasteiger partial charge in [-0.1, -0.05) is 18.2 Å². The van der Waals surface area contributed by atoms with Gasteiger partial charge >= 0.3 is 0 Å². The van der Waals surface area contributed by atoms with Crippen LogP contribution in [-0.4, -0.2) is 89.7 Å². The SMILES string of the molecule is C=CCn1c(=O)c2cnc(Nc3ccc(N4CCN(C)CC4)c(C)c3)nc2n1-c1cccc(CN(C)CCOC)c1. The number of hydrogen-bond acceptors (Lipinski definition) is 8. The van der Waals surface area contributed by atoms with Crippen molar-refractivity contribution in [3.8, 4) is 5.69 Å². The Balaban J connectivity index is 1.46. The number of ether oxygens (including phenoxy) is 1. The van der Waals surface area contributed by atoms with E-state index in [4.69, 9.17) is 9.72 Å². The third kappa shape index (κ3) is 6.35. The number of benzene rings is 2. The zero-order valence-corrected chi connectivity index (χ0v) is 24.5. The van der Waals surface area contributed by atoms with E-state index in [9.17, 15) is 4.79 Å². The molecule has 4 aromatic rings. The van der Waals surface area contributed by atoms with Gasteiger partial charge in [-0.15, -0.1) is 6.58 Å². The van der Waals surface area contributed by atoms with Crippen molar-refractivity contribution < 1.29 is 4.74 Å². The number of nitrogens with zero attached hydrogens (tertiary/aromatic N) is 7. The average molecular weight is 557 g/mol. The number of aromatic nitrogens is 4. The highest BCUT2D eigenvalue weighted by atomic mass is 16.5. The first-order chi connectivity index (χ1) is 19.9. The van der Waals surface area contributed by atoms with E-state index in [0.717, 1.165) is 56.2 Å². The zero-order valence-electron chi connectivity index (χ0n) is 24.5. The van der Waals surface area contributed by atoms with Crippen LogP contribution in [0.15, 0.2) is 66.1 Å². The number of rotatable bonds is 11. The highest BCUT2D eigenvalue weighted by Gasteiger charge is 2.19. The highest BCUT2D eigenvalue weighted by molar-refractivity contribution is 5.77. The van der Waals surface area contributed by atoms with Gasteiger partial charge in [0.15, 0.2) is 5.65 Å². The number of hydrogen-bond donors (Lipinski definition) is 1. The maximum Gasteiger partial charge on any atom is 0.278 e. The molecule has 10 nitrogen and oxygen atoms in total. The molecule has 1 N–H and O–H groups in total. The topological polar surface area (TPSA) is 83.7 Å². The first-order valence-electron chi connectivity index (χ1n) is 14.1. The molecular formula is C31H40N8O2. The Bertz CT molecular complexity index is 1570. The molecular weight excluding hydrogens is 516 g/mol. The zero-order chi connectivity index (χ0) is 28.9. The predicted octanol–water partition coefficient (Wildman–Crippen LogP) is 3.65. The smallest absolute Gasteiger partial charge is 0.278 e. The van der Waals surface area contributed by atoms with Crippen LogP contribution in [0.1, 0.15) is 11.1 Å². The molecule has 5 rings (SSSR count). The Hall–Kier alpha value is -3.99. The van der Waals surface area contributed by atoms with Crippen LogP contribution in [0.3, 0.4) is 0 Å². The summed E-state index contributed by atoms with van der Waals surface area (Å²) in [6.07, 6.45) is 3.33. The van der Waals surface area contributed by atoms with E-state index in [1.807, 2.05) is 16.8 Å². The molecule has 0 unspecified atom stereocenters. The summed E-state index contributed by atoms with van der Waals surface area (Å²) in [4.78, 5) is 29.7. The van der Waals surface area contributed by atoms with Crippen molar-refractivity contribution in [3.63, 3.8) is 0 Å². The fourth-order valence-corrected chi connectivity index (χ4v) is 5.33. The fraction of sp³-hybridized carbons (Fsp3) is 0.387. The number of methoxy groups -OCH3 is 1. The summed E-state index contributed by atoms with van der Waals surface area (Å²) in [7, 11) is 5.94. The molecule has 1 aliphatic heterocycles. The monoisotopic (exact) mass is 556 g/mol. The minimum absolute atomic E-state index is 0.151. The van der Waals surface area contributed by atoms with Crippen molar-refractivity contribution in [2.75, 3.05) is 70.8 Å². The van der Waals surface area contributed by atoms with E-state index in [1.165, 1.54) is 11.3 Å². The molecule has 1 fully saturated rings. The Morgan fingerprint density at radius 2 is 1.95 bits per heavy atom. The Kier molecular flexibility index (Phi) is 8.82. The molecule has 0 spiro atoms. The summed E-state index contributed by atoms with van der Waals surface area (Å²) >= 11 is 0. The van der Waals surface area contributed by atoms with Crippen LogP contribution in [0.5, 0.6) is 0 Å². The summed E-state index contributed by atoms with van der Waals surface area (Å²) in [5.74, 6) is 0.434. The minimum Gasteiger partial charge on any atom is -0.383 e. The van der Waals surface area contributed by atoms with Crippen LogP contribution < -0.4 is 15.8 Å². The van der Waals surface area contributed by atoms with Gasteiger partial charge in [-0.05, 0) is 62.5 Å². The van der Waals surface area contributed by atoms with E-state index in [2.05, 4.69) is 82.9 Å². The third-order valence-electron chi connectivity index (χ3n) is 7.56. The second-order valence-electron chi connectivity index (χ2n) is 10.7. The molecule has 10 heteroatoms. The van der Waals surface area contributed by atoms with Gasteiger partial charge in [-0.25, -0.2) is 14.3 Å². The standard InChI is InChI=1S/C31H40N8O2/c1-6-12-38-30(40)27-21-32-31(33-25-10-11-28(23(2)19-25)37-15-13-35(3)14-16-37)34-29(27)39(38)26-9-7-8-24(20-26)22-36(4)17-18-41-5/h6-11,19-21H,1,12-18,22H2,2-5H3,(H,32,33,34). The number of anilines is 3. The van der Waals surface area contributed by atoms with Crippen LogP contribution in [0.25, 0.3) is 16.7 Å². The number of aryl methyl sites for hydroxylation is 1. The molecule has 0 radical (unpaired) electrons. The van der Waals surface area contributed by atoms with E-state index in [-0.39, 0.29) is 5.56 Å². The number of piperazine rings is 1. The molecule has 0 amide bonds. The van der Waals surface area contributed by atoms with Crippen LogP contribution in [0.4, 0.5) is 17.3 Å². The molecule has 0 aliphatic carbocycles. The molecule has 216 valence electrons. The van der Waals surface area contributed by atoms with Crippen LogP contribution >= 0.6 is 0 Å². The van der Waals surface area contributed by atoms with E-state index in [0.29, 0.717) is 30.1 Å². The molecule has 0 atom stereocenters. The van der Waals surface area contributed by atoms with E-state index >= 15 is 0 Å². The van der Waals surface area contributed by atoms with Crippen molar-refractivity contribution in [1.29, 1.82) is 0 Å². The van der Waals surface area contributed by atoms with E-state index in [1.54, 1.807) is 24.1 Å². The normalized spacial score (nSPS) is 14.2. The summed E-state index contributed by atoms with van der Waals surface area (Å²) in [6.45, 7) is 12.8. The Labute approximate surface area is 241 Å². The quantitative estimate of drug-likeness (QED) is 0.281. The predicted molar refractivity (Wildman–Crippen MR) is 166 cm³/mol. The summed E-state index contributed by atoms with van der Waals surface area (Å²) < 4.78 is 8.74. The second-order valence-corrected chi connectivity index (χ2v) is 10.7.